The lowest BCUT2D eigenvalue weighted by Crippen LogP contribution is -2.21. The van der Waals surface area contributed by atoms with Crippen LogP contribution in [0.4, 0.5) is 9.18 Å². The summed E-state index contributed by atoms with van der Waals surface area (Å²) >= 11 is 3.02. The van der Waals surface area contributed by atoms with Gasteiger partial charge in [-0.3, -0.25) is 4.79 Å². The van der Waals surface area contributed by atoms with E-state index in [1.165, 1.54) is 12.1 Å². The lowest BCUT2D eigenvalue weighted by atomic mass is 10.1. The summed E-state index contributed by atoms with van der Waals surface area (Å²) in [7, 11) is 0. The smallest absolute Gasteiger partial charge is 0.404 e. The van der Waals surface area contributed by atoms with E-state index < -0.39 is 11.9 Å². The van der Waals surface area contributed by atoms with Crippen LogP contribution in [0.25, 0.3) is 0 Å². The molecule has 1 aromatic carbocycles. The molecular formula is C12H13BrFNO3. The number of hydrogen-bond donors (Lipinski definition) is 2. The van der Waals surface area contributed by atoms with Crippen molar-refractivity contribution < 1.29 is 19.1 Å². The molecule has 0 heterocycles. The van der Waals surface area contributed by atoms with E-state index in [4.69, 9.17) is 5.11 Å². The number of halogens is 2. The predicted molar refractivity (Wildman–Crippen MR) is 68.3 cm³/mol. The normalized spacial score (nSPS) is 10.1. The first kappa shape index (κ1) is 14.6. The van der Waals surface area contributed by atoms with Crippen LogP contribution >= 0.6 is 15.9 Å². The van der Waals surface area contributed by atoms with Crippen molar-refractivity contribution in [1.82, 2.24) is 5.32 Å². The number of unbranched alkanes of at least 4 members (excludes halogenated alkanes) is 1. The van der Waals surface area contributed by atoms with Gasteiger partial charge in [0, 0.05) is 18.5 Å². The predicted octanol–water partition coefficient (Wildman–Crippen LogP) is 3.21. The third-order valence-electron chi connectivity index (χ3n) is 2.35. The van der Waals surface area contributed by atoms with Gasteiger partial charge in [0.15, 0.2) is 5.78 Å². The Morgan fingerprint density at radius 1 is 1.33 bits per heavy atom. The molecule has 0 saturated heterocycles. The molecule has 0 aliphatic rings. The maximum Gasteiger partial charge on any atom is 0.404 e. The lowest BCUT2D eigenvalue weighted by Gasteiger charge is -2.03. The number of nitrogens with one attached hydrogen (secondary N) is 1. The van der Waals surface area contributed by atoms with Gasteiger partial charge in [-0.05, 0) is 40.9 Å². The number of ketones is 1. The third-order valence-corrected chi connectivity index (χ3v) is 2.99. The summed E-state index contributed by atoms with van der Waals surface area (Å²) in [5.41, 5.74) is 0.335. The van der Waals surface area contributed by atoms with E-state index in [2.05, 4.69) is 21.2 Å². The summed E-state index contributed by atoms with van der Waals surface area (Å²) in [6, 6.07) is 4.25. The Hall–Kier alpha value is -1.43. The molecule has 0 aliphatic carbocycles. The first-order valence-electron chi connectivity index (χ1n) is 5.45. The van der Waals surface area contributed by atoms with Crippen LogP contribution in [0.1, 0.15) is 29.6 Å². The van der Waals surface area contributed by atoms with Gasteiger partial charge in [-0.15, -0.1) is 0 Å². The van der Waals surface area contributed by atoms with E-state index in [1.54, 1.807) is 6.07 Å². The van der Waals surface area contributed by atoms with E-state index in [1.807, 2.05) is 0 Å². The van der Waals surface area contributed by atoms with Crippen LogP contribution in [0.2, 0.25) is 0 Å². The Labute approximate surface area is 112 Å². The molecule has 6 heteroatoms. The molecule has 98 valence electrons. The second-order valence-corrected chi connectivity index (χ2v) is 4.60. The fraction of sp³-hybridized carbons (Fsp3) is 0.333. The van der Waals surface area contributed by atoms with Crippen LogP contribution in [0.3, 0.4) is 0 Å². The largest absolute Gasteiger partial charge is 0.465 e. The lowest BCUT2D eigenvalue weighted by molar-refractivity contribution is 0.0979. The van der Waals surface area contributed by atoms with Crippen LogP contribution in [-0.2, 0) is 0 Å². The standard InChI is InChI=1S/C12H13BrFNO3/c13-9-5-4-8(7-10(9)14)11(16)3-1-2-6-15-12(17)18/h4-5,7,15H,1-3,6H2,(H,17,18). The van der Waals surface area contributed by atoms with Gasteiger partial charge < -0.3 is 10.4 Å². The second-order valence-electron chi connectivity index (χ2n) is 3.74. The molecule has 0 fully saturated rings. The van der Waals surface area contributed by atoms with Crippen molar-refractivity contribution in [2.75, 3.05) is 6.54 Å². The molecule has 0 radical (unpaired) electrons. The van der Waals surface area contributed by atoms with Crippen molar-refractivity contribution in [2.45, 2.75) is 19.3 Å². The Morgan fingerprint density at radius 2 is 2.06 bits per heavy atom. The molecule has 0 atom stereocenters. The fourth-order valence-corrected chi connectivity index (χ4v) is 1.67. The Morgan fingerprint density at radius 3 is 2.67 bits per heavy atom. The summed E-state index contributed by atoms with van der Waals surface area (Å²) in [6.45, 7) is 0.317. The number of amides is 1. The topological polar surface area (TPSA) is 66.4 Å². The van der Waals surface area contributed by atoms with Crippen LogP contribution in [0, 0.1) is 5.82 Å². The molecule has 0 aromatic heterocycles. The maximum absolute atomic E-state index is 13.2. The average Bonchev–Trinajstić information content (AvgIpc) is 2.31. The molecular weight excluding hydrogens is 305 g/mol. The van der Waals surface area contributed by atoms with Crippen LogP contribution < -0.4 is 5.32 Å². The molecule has 0 aliphatic heterocycles. The van der Waals surface area contributed by atoms with E-state index in [9.17, 15) is 14.0 Å². The first-order chi connectivity index (χ1) is 8.50. The van der Waals surface area contributed by atoms with Crippen molar-refractivity contribution in [1.29, 1.82) is 0 Å². The van der Waals surface area contributed by atoms with Crippen molar-refractivity contribution in [3.8, 4) is 0 Å². The van der Waals surface area contributed by atoms with Crippen molar-refractivity contribution in [3.63, 3.8) is 0 Å². The number of benzene rings is 1. The molecule has 2 N–H and O–H groups in total. The molecule has 0 saturated carbocycles. The Balaban J connectivity index is 2.36. The number of carbonyl (C=O) groups is 2. The quantitative estimate of drug-likeness (QED) is 0.625. The van der Waals surface area contributed by atoms with Gasteiger partial charge in [-0.2, -0.15) is 0 Å². The SMILES string of the molecule is O=C(O)NCCCCC(=O)c1ccc(Br)c(F)c1. The van der Waals surface area contributed by atoms with Crippen molar-refractivity contribution in [2.24, 2.45) is 0 Å². The van der Waals surface area contributed by atoms with Gasteiger partial charge >= 0.3 is 6.09 Å². The number of hydrogen-bond acceptors (Lipinski definition) is 2. The minimum Gasteiger partial charge on any atom is -0.465 e. The highest BCUT2D eigenvalue weighted by molar-refractivity contribution is 9.10. The molecule has 1 amide bonds. The van der Waals surface area contributed by atoms with Gasteiger partial charge in [0.2, 0.25) is 0 Å². The molecule has 4 nitrogen and oxygen atoms in total. The first-order valence-corrected chi connectivity index (χ1v) is 6.25. The van der Waals surface area contributed by atoms with E-state index >= 15 is 0 Å². The van der Waals surface area contributed by atoms with Crippen molar-refractivity contribution >= 4 is 27.8 Å². The Kier molecular flexibility index (Phi) is 5.77. The van der Waals surface area contributed by atoms with E-state index in [0.29, 0.717) is 29.4 Å². The zero-order valence-corrected chi connectivity index (χ0v) is 11.2. The minimum atomic E-state index is -1.07. The highest BCUT2D eigenvalue weighted by Crippen LogP contribution is 2.17. The van der Waals surface area contributed by atoms with E-state index in [-0.39, 0.29) is 12.2 Å². The summed E-state index contributed by atoms with van der Waals surface area (Å²) in [4.78, 5) is 21.8. The van der Waals surface area contributed by atoms with Gasteiger partial charge in [0.1, 0.15) is 5.82 Å². The average molecular weight is 318 g/mol. The number of carbonyl (C=O) groups excluding carboxylic acids is 1. The number of Topliss-reactive ketones (excluding diaryl/α,β-unsaturated/α-hetero) is 1. The number of rotatable bonds is 6. The fourth-order valence-electron chi connectivity index (χ4n) is 1.42. The van der Waals surface area contributed by atoms with Crippen molar-refractivity contribution in [3.05, 3.63) is 34.1 Å². The summed E-state index contributed by atoms with van der Waals surface area (Å²) < 4.78 is 13.5. The third kappa shape index (κ3) is 4.83. The van der Waals surface area contributed by atoms with E-state index in [0.717, 1.165) is 0 Å². The highest BCUT2D eigenvalue weighted by Gasteiger charge is 2.08. The van der Waals surface area contributed by atoms with Crippen LogP contribution in [0.5, 0.6) is 0 Å². The molecule has 0 unspecified atom stereocenters. The minimum absolute atomic E-state index is 0.142. The van der Waals surface area contributed by atoms with Crippen LogP contribution in [0.15, 0.2) is 22.7 Å². The van der Waals surface area contributed by atoms with Crippen LogP contribution in [-0.4, -0.2) is 23.5 Å². The molecule has 18 heavy (non-hydrogen) atoms. The molecule has 1 rings (SSSR count). The maximum atomic E-state index is 13.2. The monoisotopic (exact) mass is 317 g/mol. The zero-order chi connectivity index (χ0) is 13.5. The van der Waals surface area contributed by atoms with Gasteiger partial charge in [0.05, 0.1) is 4.47 Å². The summed E-state index contributed by atoms with van der Waals surface area (Å²) in [6.07, 6.45) is 0.354. The summed E-state index contributed by atoms with van der Waals surface area (Å²) in [5.74, 6) is -0.606. The Bertz CT molecular complexity index is 451. The highest BCUT2D eigenvalue weighted by atomic mass is 79.9. The summed E-state index contributed by atoms with van der Waals surface area (Å²) in [5, 5.41) is 10.5. The second kappa shape index (κ2) is 7.10. The molecule has 1 aromatic rings. The zero-order valence-electron chi connectivity index (χ0n) is 9.58. The van der Waals surface area contributed by atoms with Gasteiger partial charge in [-0.1, -0.05) is 6.07 Å². The van der Waals surface area contributed by atoms with Gasteiger partial charge in [-0.25, -0.2) is 9.18 Å². The van der Waals surface area contributed by atoms with Gasteiger partial charge in [0.25, 0.3) is 0 Å². The molecule has 0 spiro atoms. The molecule has 0 bridgehead atoms. The number of carboxylic acid groups (broad SMARTS) is 1.